The third-order valence-electron chi connectivity index (χ3n) is 5.95. The summed E-state index contributed by atoms with van der Waals surface area (Å²) in [4.78, 5) is 49.2. The number of ether oxygens (including phenoxy) is 2. The van der Waals surface area contributed by atoms with E-state index >= 15 is 0 Å². The second-order valence-electron chi connectivity index (χ2n) is 10.6. The monoisotopic (exact) mass is 630 g/mol. The van der Waals surface area contributed by atoms with Crippen LogP contribution < -0.4 is 15.4 Å². The second-order valence-corrected chi connectivity index (χ2v) is 11.3. The number of carbonyl (C=O) groups excluding carboxylic acids is 3. The molecule has 0 saturated heterocycles. The maximum Gasteiger partial charge on any atom is 0.343 e. The van der Waals surface area contributed by atoms with Crippen molar-refractivity contribution in [1.29, 1.82) is 0 Å². The van der Waals surface area contributed by atoms with Gasteiger partial charge in [0.15, 0.2) is 11.5 Å². The van der Waals surface area contributed by atoms with Crippen molar-refractivity contribution in [3.8, 4) is 11.5 Å². The van der Waals surface area contributed by atoms with Crippen LogP contribution in [0.5, 0.6) is 11.5 Å². The van der Waals surface area contributed by atoms with Gasteiger partial charge in [0.05, 0.1) is 22.7 Å². The van der Waals surface area contributed by atoms with Gasteiger partial charge in [-0.2, -0.15) is 0 Å². The third kappa shape index (κ3) is 9.99. The van der Waals surface area contributed by atoms with Crippen molar-refractivity contribution >= 4 is 47.0 Å². The average Bonchev–Trinajstić information content (AvgIpc) is 2.94. The smallest absolute Gasteiger partial charge is 0.343 e. The number of carboxylic acid groups (broad SMARTS) is 1. The number of amides is 1. The fourth-order valence-electron chi connectivity index (χ4n) is 3.90. The molecule has 1 atom stereocenters. The lowest BCUT2D eigenvalue weighted by atomic mass is 10.1. The van der Waals surface area contributed by atoms with Gasteiger partial charge in [-0.3, -0.25) is 9.59 Å². The number of esters is 2. The molecule has 0 spiro atoms. The first-order valence-corrected chi connectivity index (χ1v) is 14.0. The van der Waals surface area contributed by atoms with Gasteiger partial charge in [-0.1, -0.05) is 65.7 Å². The fraction of sp³-hybridized carbons (Fsp3) is 0.290. The van der Waals surface area contributed by atoms with E-state index in [0.717, 1.165) is 11.6 Å². The number of carboxylic acids is 1. The molecule has 0 aliphatic heterocycles. The maximum absolute atomic E-state index is 12.9. The Labute approximate surface area is 258 Å². The van der Waals surface area contributed by atoms with E-state index < -0.39 is 45.8 Å². The Balaban J connectivity index is 1.62. The molecule has 10 nitrogen and oxygen atoms in total. The van der Waals surface area contributed by atoms with Crippen LogP contribution in [-0.2, 0) is 27.2 Å². The minimum absolute atomic E-state index is 0.00121. The van der Waals surface area contributed by atoms with Crippen LogP contribution in [-0.4, -0.2) is 58.8 Å². The first kappa shape index (κ1) is 33.4. The van der Waals surface area contributed by atoms with Crippen LogP contribution in [0.1, 0.15) is 52.6 Å². The summed E-state index contributed by atoms with van der Waals surface area (Å²) in [5.41, 5.74) is 0.800. The molecule has 228 valence electrons. The molecular weight excluding hydrogens is 599 g/mol. The van der Waals surface area contributed by atoms with Crippen LogP contribution in [0, 0.1) is 0 Å². The predicted octanol–water partition coefficient (Wildman–Crippen LogP) is 4.82. The predicted molar refractivity (Wildman–Crippen MR) is 161 cm³/mol. The van der Waals surface area contributed by atoms with Crippen LogP contribution >= 0.6 is 23.2 Å². The molecule has 3 rings (SSSR count). The molecule has 3 aromatic carbocycles. The molecule has 0 aromatic heterocycles. The number of hydrogen-bond acceptors (Lipinski definition) is 8. The van der Waals surface area contributed by atoms with Crippen LogP contribution in [0.25, 0.3) is 0 Å². The normalized spacial score (nSPS) is 11.8. The minimum atomic E-state index is -1.30. The number of hydrogen-bond donors (Lipinski definition) is 4. The SMILES string of the molecule is CC(C)(C)OC(=O)CNCCc1ccc(C(=O)Oc2c(Cl)cc(C(=O)N[C@@H](Cc3ccccc3)C(=O)O)c(O)c2Cl)cc1. The Kier molecular flexibility index (Phi) is 11.5. The number of aliphatic carboxylic acids is 1. The number of halogens is 2. The van der Waals surface area contributed by atoms with Crippen molar-refractivity contribution in [2.45, 2.75) is 45.3 Å². The fourth-order valence-corrected chi connectivity index (χ4v) is 4.44. The average molecular weight is 632 g/mol. The number of carbonyl (C=O) groups is 4. The summed E-state index contributed by atoms with van der Waals surface area (Å²) in [5.74, 6) is -4.47. The topological polar surface area (TPSA) is 151 Å². The second kappa shape index (κ2) is 14.9. The van der Waals surface area contributed by atoms with Gasteiger partial charge in [-0.15, -0.1) is 0 Å². The lowest BCUT2D eigenvalue weighted by Crippen LogP contribution is -2.42. The molecule has 0 fully saturated rings. The van der Waals surface area contributed by atoms with Crippen molar-refractivity contribution < 1.29 is 38.9 Å². The molecule has 12 heteroatoms. The van der Waals surface area contributed by atoms with Gasteiger partial charge in [0.2, 0.25) is 0 Å². The third-order valence-corrected chi connectivity index (χ3v) is 6.58. The molecule has 0 aliphatic rings. The Bertz CT molecular complexity index is 1470. The van der Waals surface area contributed by atoms with Gasteiger partial charge < -0.3 is 30.3 Å². The van der Waals surface area contributed by atoms with Crippen LogP contribution in [0.3, 0.4) is 0 Å². The van der Waals surface area contributed by atoms with E-state index in [1.807, 2.05) is 0 Å². The summed E-state index contributed by atoms with van der Waals surface area (Å²) >= 11 is 12.5. The number of nitrogens with one attached hydrogen (secondary N) is 2. The zero-order valence-corrected chi connectivity index (χ0v) is 25.3. The van der Waals surface area contributed by atoms with E-state index in [1.165, 1.54) is 12.1 Å². The largest absolute Gasteiger partial charge is 0.505 e. The summed E-state index contributed by atoms with van der Waals surface area (Å²) in [6.45, 7) is 5.96. The molecule has 0 unspecified atom stereocenters. The molecule has 3 aromatic rings. The zero-order chi connectivity index (χ0) is 31.7. The summed E-state index contributed by atoms with van der Waals surface area (Å²) in [6.07, 6.45) is 0.586. The summed E-state index contributed by atoms with van der Waals surface area (Å²) < 4.78 is 10.6. The Morgan fingerprint density at radius 3 is 2.21 bits per heavy atom. The maximum atomic E-state index is 12.9. The standard InChI is InChI=1S/C31H32Cl2N2O8/c1-31(2,3)43-24(36)17-34-14-13-18-9-11-20(12-10-18)30(41)42-27-22(32)16-21(26(37)25(27)33)28(38)35-23(29(39)40)15-19-7-5-4-6-8-19/h4-12,16,23,34,37H,13-15,17H2,1-3H3,(H,35,38)(H,39,40)/t23-/m0/s1. The van der Waals surface area contributed by atoms with Crippen LogP contribution in [0.15, 0.2) is 60.7 Å². The zero-order valence-electron chi connectivity index (χ0n) is 23.8. The summed E-state index contributed by atoms with van der Waals surface area (Å²) in [5, 5.41) is 24.8. The highest BCUT2D eigenvalue weighted by Gasteiger charge is 2.27. The molecule has 0 radical (unpaired) electrons. The van der Waals surface area contributed by atoms with E-state index in [9.17, 15) is 29.4 Å². The molecular formula is C31H32Cl2N2O8. The highest BCUT2D eigenvalue weighted by atomic mass is 35.5. The molecule has 0 heterocycles. The van der Waals surface area contributed by atoms with Crippen molar-refractivity contribution in [3.05, 3.63) is 93.0 Å². The van der Waals surface area contributed by atoms with Gasteiger partial charge in [0.1, 0.15) is 16.7 Å². The van der Waals surface area contributed by atoms with Gasteiger partial charge in [0.25, 0.3) is 5.91 Å². The Morgan fingerprint density at radius 1 is 0.953 bits per heavy atom. The summed E-state index contributed by atoms with van der Waals surface area (Å²) in [7, 11) is 0. The Hall–Kier alpha value is -4.12. The van der Waals surface area contributed by atoms with Gasteiger partial charge in [-0.25, -0.2) is 9.59 Å². The summed E-state index contributed by atoms with van der Waals surface area (Å²) in [6, 6.07) is 14.9. The minimum Gasteiger partial charge on any atom is -0.505 e. The van der Waals surface area contributed by atoms with Crippen LogP contribution in [0.4, 0.5) is 0 Å². The van der Waals surface area contributed by atoms with Gasteiger partial charge in [-0.05, 0) is 63.1 Å². The molecule has 0 aliphatic carbocycles. The number of aromatic hydroxyl groups is 1. The van der Waals surface area contributed by atoms with Gasteiger partial charge >= 0.3 is 17.9 Å². The van der Waals surface area contributed by atoms with Crippen molar-refractivity contribution in [2.24, 2.45) is 0 Å². The number of phenols is 1. The van der Waals surface area contributed by atoms with Crippen LogP contribution in [0.2, 0.25) is 10.0 Å². The highest BCUT2D eigenvalue weighted by molar-refractivity contribution is 6.39. The first-order valence-electron chi connectivity index (χ1n) is 13.3. The van der Waals surface area contributed by atoms with E-state index in [-0.39, 0.29) is 35.3 Å². The first-order chi connectivity index (χ1) is 20.2. The molecule has 43 heavy (non-hydrogen) atoms. The lowest BCUT2D eigenvalue weighted by Gasteiger charge is -2.19. The van der Waals surface area contributed by atoms with Crippen molar-refractivity contribution in [3.63, 3.8) is 0 Å². The molecule has 0 saturated carbocycles. The number of benzene rings is 3. The van der Waals surface area contributed by atoms with E-state index in [4.69, 9.17) is 32.7 Å². The van der Waals surface area contributed by atoms with Crippen molar-refractivity contribution in [2.75, 3.05) is 13.1 Å². The molecule has 1 amide bonds. The molecule has 0 bridgehead atoms. The van der Waals surface area contributed by atoms with E-state index in [2.05, 4.69) is 10.6 Å². The van der Waals surface area contributed by atoms with E-state index in [1.54, 1.807) is 63.2 Å². The quantitative estimate of drug-likeness (QED) is 0.125. The number of phenolic OH excluding ortho intramolecular Hbond substituents is 1. The lowest BCUT2D eigenvalue weighted by molar-refractivity contribution is -0.153. The number of rotatable bonds is 12. The van der Waals surface area contributed by atoms with Gasteiger partial charge in [0, 0.05) is 6.42 Å². The highest BCUT2D eigenvalue weighted by Crippen LogP contribution is 2.42. The molecule has 4 N–H and O–H groups in total. The van der Waals surface area contributed by atoms with Crippen molar-refractivity contribution in [1.82, 2.24) is 10.6 Å². The van der Waals surface area contributed by atoms with E-state index in [0.29, 0.717) is 18.5 Å². The Morgan fingerprint density at radius 2 is 1.60 bits per heavy atom.